The lowest BCUT2D eigenvalue weighted by Gasteiger charge is -2.13. The van der Waals surface area contributed by atoms with Crippen molar-refractivity contribution in [2.75, 3.05) is 0 Å². The lowest BCUT2D eigenvalue weighted by Crippen LogP contribution is -2.35. The molecule has 0 spiro atoms. The normalized spacial score (nSPS) is 14.2. The number of hydrogen-bond donors (Lipinski definition) is 0. The van der Waals surface area contributed by atoms with Gasteiger partial charge < -0.3 is 0 Å². The first kappa shape index (κ1) is 21.6. The highest BCUT2D eigenvalue weighted by Crippen LogP contribution is 2.24. The van der Waals surface area contributed by atoms with Crippen molar-refractivity contribution in [1.29, 1.82) is 0 Å². The van der Waals surface area contributed by atoms with E-state index in [0.29, 0.717) is 10.5 Å². The highest BCUT2D eigenvalue weighted by atomic mass is 35.5. The lowest BCUT2D eigenvalue weighted by molar-refractivity contribution is -0.384. The molecule has 1 heterocycles. The number of nitro groups is 1. The van der Waals surface area contributed by atoms with Gasteiger partial charge in [-0.2, -0.15) is 8.42 Å². The van der Waals surface area contributed by atoms with Crippen LogP contribution in [0.5, 0.6) is 0 Å². The van der Waals surface area contributed by atoms with E-state index in [1.54, 1.807) is 0 Å². The molecule has 30 heavy (non-hydrogen) atoms. The van der Waals surface area contributed by atoms with Crippen LogP contribution in [0.25, 0.3) is 0 Å². The molecule has 1 fully saturated rings. The van der Waals surface area contributed by atoms with Crippen molar-refractivity contribution in [3.8, 4) is 0 Å². The maximum Gasteiger partial charge on any atom is 0.297 e. The number of carbonyl (C=O) groups excluding carboxylic acids is 3. The minimum absolute atomic E-state index is 0.0470. The van der Waals surface area contributed by atoms with E-state index in [4.69, 9.17) is 15.8 Å². The molecule has 0 saturated carbocycles. The van der Waals surface area contributed by atoms with Crippen LogP contribution in [0.4, 0.5) is 5.69 Å². The third-order valence-electron chi connectivity index (χ3n) is 4.24. The Bertz CT molecular complexity index is 1150. The van der Waals surface area contributed by atoms with E-state index in [9.17, 15) is 32.9 Å². The second kappa shape index (κ2) is 8.30. The zero-order chi connectivity index (χ0) is 22.1. The number of hydrogen-bond acceptors (Lipinski definition) is 8. The van der Waals surface area contributed by atoms with Crippen LogP contribution in [0, 0.1) is 10.1 Å². The maximum absolute atomic E-state index is 12.4. The largest absolute Gasteiger partial charge is 0.297 e. The van der Waals surface area contributed by atoms with Crippen molar-refractivity contribution in [3.05, 3.63) is 68.7 Å². The molecule has 3 rings (SSSR count). The summed E-state index contributed by atoms with van der Waals surface area (Å²) < 4.78 is 29.4. The van der Waals surface area contributed by atoms with Gasteiger partial charge in [0.05, 0.1) is 27.0 Å². The molecule has 1 saturated heterocycles. The Morgan fingerprint density at radius 1 is 1.10 bits per heavy atom. The van der Waals surface area contributed by atoms with Gasteiger partial charge in [-0.25, -0.2) is 4.90 Å². The monoisotopic (exact) mass is 452 g/mol. The van der Waals surface area contributed by atoms with Gasteiger partial charge in [0, 0.05) is 25.0 Å². The van der Waals surface area contributed by atoms with Crippen LogP contribution >= 0.6 is 11.6 Å². The van der Waals surface area contributed by atoms with E-state index in [-0.39, 0.29) is 34.0 Å². The van der Waals surface area contributed by atoms with Crippen molar-refractivity contribution in [1.82, 2.24) is 4.90 Å². The van der Waals surface area contributed by atoms with Crippen LogP contribution in [0.2, 0.25) is 5.02 Å². The molecule has 10 nitrogen and oxygen atoms in total. The Labute approximate surface area is 175 Å². The fourth-order valence-electron chi connectivity index (χ4n) is 2.69. The highest BCUT2D eigenvalue weighted by molar-refractivity contribution is 7.86. The van der Waals surface area contributed by atoms with Crippen molar-refractivity contribution in [2.45, 2.75) is 24.3 Å². The van der Waals surface area contributed by atoms with Gasteiger partial charge in [-0.1, -0.05) is 17.7 Å². The quantitative estimate of drug-likeness (QED) is 0.281. The molecular formula is C18H13ClN2O8S. The predicted molar refractivity (Wildman–Crippen MR) is 102 cm³/mol. The number of halogens is 1. The third kappa shape index (κ3) is 4.37. The van der Waals surface area contributed by atoms with E-state index in [0.717, 1.165) is 24.3 Å². The topological polar surface area (TPSA) is 141 Å². The van der Waals surface area contributed by atoms with Gasteiger partial charge in [0.2, 0.25) is 11.8 Å². The molecule has 0 N–H and O–H groups in total. The Morgan fingerprint density at radius 3 is 2.23 bits per heavy atom. The first-order valence-corrected chi connectivity index (χ1v) is 10.2. The van der Waals surface area contributed by atoms with Gasteiger partial charge in [-0.05, 0) is 29.8 Å². The second-order valence-corrected chi connectivity index (χ2v) is 8.23. The first-order chi connectivity index (χ1) is 14.1. The summed E-state index contributed by atoms with van der Waals surface area (Å²) >= 11 is 6.07. The molecule has 0 unspecified atom stereocenters. The van der Waals surface area contributed by atoms with Crippen LogP contribution in [-0.4, -0.2) is 36.0 Å². The predicted octanol–water partition coefficient (Wildman–Crippen LogP) is 2.44. The summed E-state index contributed by atoms with van der Waals surface area (Å²) in [5.74, 6) is -2.07. The fourth-order valence-corrected chi connectivity index (χ4v) is 3.87. The number of non-ortho nitro benzene ring substituents is 1. The number of imide groups is 3. The summed E-state index contributed by atoms with van der Waals surface area (Å²) in [7, 11) is -4.20. The van der Waals surface area contributed by atoms with Gasteiger partial charge in [0.15, 0.2) is 0 Å². The average Bonchev–Trinajstić information content (AvgIpc) is 3.04. The number of nitro benzene ring substituents is 1. The summed E-state index contributed by atoms with van der Waals surface area (Å²) in [6.45, 7) is -0.422. The zero-order valence-corrected chi connectivity index (χ0v) is 16.7. The van der Waals surface area contributed by atoms with E-state index < -0.39 is 39.4 Å². The first-order valence-electron chi connectivity index (χ1n) is 8.42. The van der Waals surface area contributed by atoms with Gasteiger partial charge >= 0.3 is 0 Å². The third-order valence-corrected chi connectivity index (χ3v) is 5.83. The zero-order valence-electron chi connectivity index (χ0n) is 15.1. The Balaban J connectivity index is 1.72. The smallest absolute Gasteiger partial charge is 0.274 e. The fraction of sp³-hybridized carbons (Fsp3) is 0.167. The number of carbonyl (C=O) groups is 3. The van der Waals surface area contributed by atoms with E-state index in [1.165, 1.54) is 18.2 Å². The Morgan fingerprint density at radius 2 is 1.70 bits per heavy atom. The minimum atomic E-state index is -4.20. The van der Waals surface area contributed by atoms with Crippen LogP contribution in [-0.2, 0) is 30.5 Å². The molecule has 3 amide bonds. The summed E-state index contributed by atoms with van der Waals surface area (Å²) in [6.07, 6.45) is -0.0940. The minimum Gasteiger partial charge on any atom is -0.274 e. The van der Waals surface area contributed by atoms with E-state index in [1.807, 2.05) is 0 Å². The highest BCUT2D eigenvalue weighted by Gasteiger charge is 2.35. The van der Waals surface area contributed by atoms with Gasteiger partial charge in [0.1, 0.15) is 0 Å². The average molecular weight is 453 g/mol. The molecule has 2 aromatic carbocycles. The van der Waals surface area contributed by atoms with Crippen LogP contribution < -0.4 is 0 Å². The lowest BCUT2D eigenvalue weighted by atomic mass is 10.1. The number of likely N-dealkylation sites (tertiary alicyclic amines) is 1. The molecule has 0 atom stereocenters. The molecule has 0 radical (unpaired) electrons. The molecule has 1 aliphatic heterocycles. The van der Waals surface area contributed by atoms with Crippen molar-refractivity contribution < 1.29 is 31.9 Å². The number of benzene rings is 2. The van der Waals surface area contributed by atoms with Crippen molar-refractivity contribution in [2.24, 2.45) is 0 Å². The van der Waals surface area contributed by atoms with Crippen molar-refractivity contribution in [3.63, 3.8) is 0 Å². The number of rotatable bonds is 6. The van der Waals surface area contributed by atoms with Gasteiger partial charge in [0.25, 0.3) is 21.7 Å². The SMILES string of the molecule is O=C1CCC(=O)N1C(=O)c1ccc(COS(=O)(=O)c2ccc([N+](=O)[O-])cc2)cc1Cl. The van der Waals surface area contributed by atoms with Crippen LogP contribution in [0.3, 0.4) is 0 Å². The van der Waals surface area contributed by atoms with Crippen molar-refractivity contribution >= 4 is 45.1 Å². The van der Waals surface area contributed by atoms with Crippen LogP contribution in [0.15, 0.2) is 47.4 Å². The molecule has 0 bridgehead atoms. The molecule has 0 aromatic heterocycles. The summed E-state index contributed by atoms with van der Waals surface area (Å²) in [6, 6.07) is 8.09. The van der Waals surface area contributed by atoms with Gasteiger partial charge in [-0.3, -0.25) is 28.7 Å². The number of nitrogens with zero attached hydrogens (tertiary/aromatic N) is 2. The van der Waals surface area contributed by atoms with E-state index in [2.05, 4.69) is 0 Å². The Hall–Kier alpha value is -3.15. The standard InChI is InChI=1S/C18H13ClN2O8S/c19-15-9-11(1-6-14(15)18(24)20-16(22)7-8-17(20)23)10-29-30(27,28)13-4-2-12(3-5-13)21(25)26/h1-6,9H,7-8,10H2. The molecule has 0 aliphatic carbocycles. The summed E-state index contributed by atoms with van der Waals surface area (Å²) in [5.41, 5.74) is -0.0423. The molecule has 12 heteroatoms. The summed E-state index contributed by atoms with van der Waals surface area (Å²) in [4.78, 5) is 46.1. The molecule has 156 valence electrons. The molecular weight excluding hydrogens is 440 g/mol. The van der Waals surface area contributed by atoms with Crippen LogP contribution in [0.1, 0.15) is 28.8 Å². The molecule has 1 aliphatic rings. The summed E-state index contributed by atoms with van der Waals surface area (Å²) in [5, 5.41) is 10.6. The van der Waals surface area contributed by atoms with Gasteiger partial charge in [-0.15, -0.1) is 0 Å². The van der Waals surface area contributed by atoms with E-state index >= 15 is 0 Å². The Kier molecular flexibility index (Phi) is 5.97. The maximum atomic E-state index is 12.4. The number of amides is 3. The molecule has 2 aromatic rings. The second-order valence-electron chi connectivity index (χ2n) is 6.21.